The quantitative estimate of drug-likeness (QED) is 0.0311. The highest BCUT2D eigenvalue weighted by Crippen LogP contribution is 2.48. The number of alkyl carbamates (subject to hydrolysis) is 2. The van der Waals surface area contributed by atoms with Crippen molar-refractivity contribution >= 4 is 126 Å². The fourth-order valence-electron chi connectivity index (χ4n) is 13.1. The lowest BCUT2D eigenvalue weighted by molar-refractivity contribution is -0.150. The number of fused-ring (bicyclic) bond motifs is 4. The highest BCUT2D eigenvalue weighted by Gasteiger charge is 2.63. The third-order valence-electron chi connectivity index (χ3n) is 18.3. The van der Waals surface area contributed by atoms with Gasteiger partial charge in [0.1, 0.15) is 50.9 Å². The van der Waals surface area contributed by atoms with Crippen molar-refractivity contribution in [2.45, 2.75) is 204 Å². The zero-order chi connectivity index (χ0) is 73.8. The fourth-order valence-corrected chi connectivity index (χ4v) is 15.6. The molecule has 0 spiro atoms. The summed E-state index contributed by atoms with van der Waals surface area (Å²) in [5.41, 5.74) is -1.40. The molecule has 5 aromatic heterocycles. The molecule has 550 valence electrons. The summed E-state index contributed by atoms with van der Waals surface area (Å²) in [5.74, 6) is -3.49. The molecular weight excluding hydrogens is 1500 g/mol. The average Bonchev–Trinajstić information content (AvgIpc) is 1.58. The van der Waals surface area contributed by atoms with Gasteiger partial charge in [-0.25, -0.2) is 28.5 Å². The molecule has 11 rings (SSSR count). The third kappa shape index (κ3) is 19.5. The van der Waals surface area contributed by atoms with Gasteiger partial charge in [0.25, 0.3) is 11.1 Å². The summed E-state index contributed by atoms with van der Waals surface area (Å²) in [6.45, 7) is 14.2. The topological polar surface area (TPSA) is 338 Å². The first-order valence-electron chi connectivity index (χ1n) is 34.4. The highest BCUT2D eigenvalue weighted by molar-refractivity contribution is 9.13. The number of hydrogen-bond acceptors (Lipinski definition) is 21. The second kappa shape index (κ2) is 34.5. The van der Waals surface area contributed by atoms with Gasteiger partial charge in [0.05, 0.1) is 47.7 Å². The van der Waals surface area contributed by atoms with Crippen molar-refractivity contribution in [3.05, 3.63) is 117 Å². The van der Waals surface area contributed by atoms with Crippen molar-refractivity contribution in [3.63, 3.8) is 0 Å². The van der Waals surface area contributed by atoms with E-state index in [0.717, 1.165) is 49.7 Å². The minimum absolute atomic E-state index is 0.000134. The van der Waals surface area contributed by atoms with Gasteiger partial charge in [-0.15, -0.1) is 0 Å². The Bertz CT molecular complexity index is 3990. The lowest BCUT2D eigenvalue weighted by atomic mass is 9.83. The SMILES string of the molecule is CCOC(=O)[C@@]12C[C@H]1/C=C\CCCCC[C@H](NC(=O)OC(C)(C)C)C(=O)N1C[C@H](n3ncc(-c4ccsc4)c(-c4ccsc4)c3=O)C[C@H]1C(=O)N2.CCOC(=O)[C@@]12C[C@H]1/C=C\CCCCC[C@H](NC(=O)OC(C)(C)C)C(=O)N1C[C@H](n3ncc(Br)c(Br)c3=O)C[C@H]1C(=O)N2.OB(O)c1ccsc1. The molecule has 102 heavy (non-hydrogen) atoms. The van der Waals surface area contributed by atoms with E-state index in [1.165, 1.54) is 59.4 Å². The second-order valence-corrected chi connectivity index (χ2v) is 32.0. The van der Waals surface area contributed by atoms with Crippen LogP contribution < -0.4 is 37.8 Å². The van der Waals surface area contributed by atoms with Gasteiger partial charge in [-0.05, 0) is 200 Å². The van der Waals surface area contributed by atoms with Crippen LogP contribution in [0.2, 0.25) is 0 Å². The molecule has 32 heteroatoms. The largest absolute Gasteiger partial charge is 0.489 e. The van der Waals surface area contributed by atoms with Crippen molar-refractivity contribution in [3.8, 4) is 22.3 Å². The monoisotopic (exact) mass is 1590 g/mol. The van der Waals surface area contributed by atoms with Gasteiger partial charge in [0.2, 0.25) is 23.6 Å². The molecule has 10 atom stereocenters. The van der Waals surface area contributed by atoms with Gasteiger partial charge in [0, 0.05) is 43.3 Å². The van der Waals surface area contributed by atoms with Crippen LogP contribution in [0.4, 0.5) is 9.59 Å². The predicted octanol–water partition coefficient (Wildman–Crippen LogP) is 8.88. The Morgan fingerprint density at radius 3 is 1.50 bits per heavy atom. The Kier molecular flexibility index (Phi) is 26.6. The van der Waals surface area contributed by atoms with Crippen LogP contribution in [0, 0.1) is 11.8 Å². The summed E-state index contributed by atoms with van der Waals surface area (Å²) >= 11 is 11.0. The number of allylic oxidation sites excluding steroid dienone is 2. The minimum Gasteiger partial charge on any atom is -0.464 e. The van der Waals surface area contributed by atoms with Crippen molar-refractivity contribution in [1.29, 1.82) is 0 Å². The van der Waals surface area contributed by atoms with Gasteiger partial charge < -0.3 is 60.1 Å². The van der Waals surface area contributed by atoms with E-state index in [1.807, 2.05) is 58.0 Å². The Labute approximate surface area is 621 Å². The molecule has 4 fully saturated rings. The van der Waals surface area contributed by atoms with Crippen LogP contribution in [-0.4, -0.2) is 167 Å². The first-order chi connectivity index (χ1) is 48.5. The first-order valence-corrected chi connectivity index (χ1v) is 38.8. The molecular formula is C70H89BBr2N10O16S3. The van der Waals surface area contributed by atoms with Crippen LogP contribution in [0.1, 0.15) is 157 Å². The van der Waals surface area contributed by atoms with E-state index in [9.17, 15) is 47.9 Å². The van der Waals surface area contributed by atoms with Crippen LogP contribution >= 0.6 is 65.9 Å². The molecule has 9 heterocycles. The molecule has 5 aromatic rings. The number of esters is 2. The fraction of sp³-hybridized carbons (Fsp3) is 0.543. The normalized spacial score (nSPS) is 26.0. The predicted molar refractivity (Wildman–Crippen MR) is 393 cm³/mol. The number of carbonyl (C=O) groups excluding carboxylic acids is 8. The highest BCUT2D eigenvalue weighted by atomic mass is 79.9. The lowest BCUT2D eigenvalue weighted by Gasteiger charge is -2.30. The number of aromatic nitrogens is 4. The van der Waals surface area contributed by atoms with Crippen LogP contribution in [0.3, 0.4) is 0 Å². The van der Waals surface area contributed by atoms with Gasteiger partial charge in [0.15, 0.2) is 0 Å². The van der Waals surface area contributed by atoms with Crippen molar-refractivity contribution in [1.82, 2.24) is 50.6 Å². The number of nitrogens with zero attached hydrogens (tertiary/aromatic N) is 6. The molecule has 0 radical (unpaired) electrons. The smallest absolute Gasteiger partial charge is 0.464 e. The molecule has 0 bridgehead atoms. The van der Waals surface area contributed by atoms with Crippen molar-refractivity contribution in [2.24, 2.45) is 11.8 Å². The van der Waals surface area contributed by atoms with E-state index in [2.05, 4.69) is 63.3 Å². The van der Waals surface area contributed by atoms with Crippen LogP contribution in [0.25, 0.3) is 22.3 Å². The number of halogens is 2. The van der Waals surface area contributed by atoms with E-state index in [0.29, 0.717) is 59.6 Å². The summed E-state index contributed by atoms with van der Waals surface area (Å²) in [6, 6.07) is 0.183. The molecule has 26 nitrogen and oxygen atoms in total. The van der Waals surface area contributed by atoms with Gasteiger partial charge in [-0.3, -0.25) is 28.8 Å². The van der Waals surface area contributed by atoms with Crippen LogP contribution in [0.5, 0.6) is 0 Å². The lowest BCUT2D eigenvalue weighted by Crippen LogP contribution is -2.56. The number of rotatable bonds is 11. The van der Waals surface area contributed by atoms with E-state index < -0.39 is 119 Å². The number of ether oxygens (including phenoxy) is 4. The molecule has 4 aliphatic heterocycles. The minimum atomic E-state index is -1.30. The van der Waals surface area contributed by atoms with E-state index in [1.54, 1.807) is 78.4 Å². The molecule has 6 N–H and O–H groups in total. The van der Waals surface area contributed by atoms with Gasteiger partial charge >= 0.3 is 31.2 Å². The van der Waals surface area contributed by atoms with E-state index in [-0.39, 0.29) is 61.0 Å². The standard InChI is InChI=1S/C37H45N5O7S2.C29H39Br2N5O7.C4H5BO2S/c1-5-48-34(46)37-18-25(37)11-9-7-6-8-10-12-28(39-35(47)49-36(2,3)4)32(44)41-20-26(17-29(41)31(43)40-37)42-33(45)30(24-14-16-51-22-24)27(19-38-42)23-13-15-50-21-23;1-5-42-26(40)29-14-17(29)11-9-7-6-8-10-12-20(33-27(41)43-28(2,3)4)24(38)35-16-18(13-21(35)23(37)34-29)36-25(39)22(31)19(30)15-32-36;6-5(7)4-1-2-8-3-4/h9,11,13-16,19,21-22,25-26,28-29H,5-8,10,12,17-18,20H2,1-4H3,(H,39,47)(H,40,43);9,11,15,17-18,20-21H,5-8,10,12-14,16H2,1-4H3,(H,33,41)(H,34,37);1-3,6-7H/b2*11-9-;/t25-,26-,28+,29+,37-;17-,18-,20+,21+,29-;/m11./s1. The molecule has 2 saturated carbocycles. The van der Waals surface area contributed by atoms with Gasteiger partial charge in [-0.2, -0.15) is 44.2 Å². The molecule has 2 saturated heterocycles. The number of amides is 6. The maximum atomic E-state index is 14.5. The van der Waals surface area contributed by atoms with E-state index >= 15 is 0 Å². The van der Waals surface area contributed by atoms with Crippen molar-refractivity contribution < 1.29 is 67.4 Å². The average molecular weight is 1590 g/mol. The summed E-state index contributed by atoms with van der Waals surface area (Å²) < 4.78 is 25.0. The Balaban J connectivity index is 0.000000216. The zero-order valence-electron chi connectivity index (χ0n) is 58.4. The van der Waals surface area contributed by atoms with Gasteiger partial charge in [-0.1, -0.05) is 56.1 Å². The Morgan fingerprint density at radius 1 is 0.627 bits per heavy atom. The third-order valence-corrected chi connectivity index (χ3v) is 22.2. The van der Waals surface area contributed by atoms with Crippen molar-refractivity contribution in [2.75, 3.05) is 26.3 Å². The molecule has 0 unspecified atom stereocenters. The maximum Gasteiger partial charge on any atom is 0.489 e. The Morgan fingerprint density at radius 2 is 1.08 bits per heavy atom. The number of nitrogens with one attached hydrogen (secondary N) is 4. The first kappa shape index (κ1) is 78.8. The zero-order valence-corrected chi connectivity index (χ0v) is 64.0. The number of thiophene rings is 3. The molecule has 2 aliphatic carbocycles. The summed E-state index contributed by atoms with van der Waals surface area (Å²) in [6.07, 6.45) is 17.4. The van der Waals surface area contributed by atoms with Crippen LogP contribution in [-0.2, 0) is 47.7 Å². The second-order valence-electron chi connectivity index (χ2n) is 28.0. The summed E-state index contributed by atoms with van der Waals surface area (Å²) in [5, 5.41) is 48.4. The summed E-state index contributed by atoms with van der Waals surface area (Å²) in [4.78, 5) is 139. The molecule has 6 aliphatic rings. The van der Waals surface area contributed by atoms with E-state index in [4.69, 9.17) is 29.0 Å². The maximum absolute atomic E-state index is 14.5. The Hall–Kier alpha value is -7.36. The molecule has 6 amide bonds. The van der Waals surface area contributed by atoms with Crippen LogP contribution in [0.15, 0.2) is 106 Å². The number of carbonyl (C=O) groups is 8. The summed E-state index contributed by atoms with van der Waals surface area (Å²) in [7, 11) is -1.30. The molecule has 0 aromatic carbocycles. The number of hydrogen-bond donors (Lipinski definition) is 6.